The molecule has 2 nitrogen and oxygen atoms in total. The molecule has 0 radical (unpaired) electrons. The lowest BCUT2D eigenvalue weighted by molar-refractivity contribution is 0.581. The fourth-order valence-electron chi connectivity index (χ4n) is 1.15. The molecular formula is C10H13BrO2S. The van der Waals surface area contributed by atoms with Crippen molar-refractivity contribution in [3.63, 3.8) is 0 Å². The van der Waals surface area contributed by atoms with Crippen LogP contribution < -0.4 is 0 Å². The molecule has 0 N–H and O–H groups in total. The predicted molar refractivity (Wildman–Crippen MR) is 61.5 cm³/mol. The minimum absolute atomic E-state index is 0.329. The number of hydrogen-bond acceptors (Lipinski definition) is 2. The van der Waals surface area contributed by atoms with Gasteiger partial charge in [0.05, 0.1) is 10.1 Å². The smallest absolute Gasteiger partial charge is 0.180 e. The normalized spacial score (nSPS) is 13.9. The average molecular weight is 277 g/mol. The van der Waals surface area contributed by atoms with Crippen LogP contribution in [0.4, 0.5) is 0 Å². The first kappa shape index (κ1) is 11.7. The van der Waals surface area contributed by atoms with Crippen molar-refractivity contribution in [3.8, 4) is 0 Å². The summed E-state index contributed by atoms with van der Waals surface area (Å²) in [6.45, 7) is 1.74. The molecular weight excluding hydrogens is 264 g/mol. The van der Waals surface area contributed by atoms with Crippen molar-refractivity contribution >= 4 is 25.8 Å². The molecule has 0 saturated carbocycles. The zero-order chi connectivity index (χ0) is 10.6. The molecule has 0 aliphatic carbocycles. The summed E-state index contributed by atoms with van der Waals surface area (Å²) in [6.07, 6.45) is 0.636. The molecule has 0 saturated heterocycles. The van der Waals surface area contributed by atoms with Gasteiger partial charge in [0.2, 0.25) is 0 Å². The van der Waals surface area contributed by atoms with Gasteiger partial charge in [-0.2, -0.15) is 0 Å². The van der Waals surface area contributed by atoms with Crippen LogP contribution in [0.25, 0.3) is 0 Å². The zero-order valence-corrected chi connectivity index (χ0v) is 10.4. The molecule has 1 aromatic carbocycles. The van der Waals surface area contributed by atoms with E-state index >= 15 is 0 Å². The third-order valence-corrected chi connectivity index (χ3v) is 4.80. The van der Waals surface area contributed by atoms with E-state index < -0.39 is 9.84 Å². The summed E-state index contributed by atoms with van der Waals surface area (Å²) in [4.78, 5) is 0.411. The zero-order valence-electron chi connectivity index (χ0n) is 7.98. The molecule has 1 atom stereocenters. The molecule has 0 amide bonds. The lowest BCUT2D eigenvalue weighted by atomic mass is 10.4. The van der Waals surface area contributed by atoms with Gasteiger partial charge in [0.25, 0.3) is 0 Å². The highest BCUT2D eigenvalue weighted by atomic mass is 79.9. The second-order valence-corrected chi connectivity index (χ2v) is 6.31. The van der Waals surface area contributed by atoms with Crippen molar-refractivity contribution in [2.24, 2.45) is 0 Å². The van der Waals surface area contributed by atoms with E-state index in [2.05, 4.69) is 15.9 Å². The highest BCUT2D eigenvalue weighted by Gasteiger charge is 2.21. The Bertz CT molecular complexity index is 372. The van der Waals surface area contributed by atoms with Crippen molar-refractivity contribution in [2.45, 2.75) is 23.5 Å². The SMILES string of the molecule is CC(CCBr)S(=O)(=O)c1ccccc1. The van der Waals surface area contributed by atoms with Gasteiger partial charge < -0.3 is 0 Å². The van der Waals surface area contributed by atoms with Gasteiger partial charge in [0, 0.05) is 5.33 Å². The van der Waals surface area contributed by atoms with Gasteiger partial charge in [-0.15, -0.1) is 0 Å². The molecule has 4 heteroatoms. The number of halogens is 1. The summed E-state index contributed by atoms with van der Waals surface area (Å²) in [5, 5.41) is 0.379. The predicted octanol–water partition coefficient (Wildman–Crippen LogP) is 2.63. The van der Waals surface area contributed by atoms with Crippen LogP contribution in [0.1, 0.15) is 13.3 Å². The van der Waals surface area contributed by atoms with E-state index in [0.29, 0.717) is 16.6 Å². The van der Waals surface area contributed by atoms with Gasteiger partial charge in [-0.05, 0) is 25.5 Å². The Hall–Kier alpha value is -0.350. The maximum atomic E-state index is 11.9. The Labute approximate surface area is 93.4 Å². The van der Waals surface area contributed by atoms with Gasteiger partial charge in [0.15, 0.2) is 9.84 Å². The number of hydrogen-bond donors (Lipinski definition) is 0. The van der Waals surface area contributed by atoms with E-state index in [9.17, 15) is 8.42 Å². The van der Waals surface area contributed by atoms with Gasteiger partial charge in [-0.3, -0.25) is 0 Å². The third-order valence-electron chi connectivity index (χ3n) is 2.12. The van der Waals surface area contributed by atoms with Crippen molar-refractivity contribution < 1.29 is 8.42 Å². The molecule has 78 valence electrons. The van der Waals surface area contributed by atoms with E-state index in [1.165, 1.54) is 0 Å². The minimum atomic E-state index is -3.13. The molecule has 0 heterocycles. The maximum Gasteiger partial charge on any atom is 0.180 e. The maximum absolute atomic E-state index is 11.9. The van der Waals surface area contributed by atoms with Crippen molar-refractivity contribution in [2.75, 3.05) is 5.33 Å². The van der Waals surface area contributed by atoms with Crippen LogP contribution in [0.3, 0.4) is 0 Å². The van der Waals surface area contributed by atoms with Crippen LogP contribution in [0.15, 0.2) is 35.2 Å². The molecule has 1 aromatic rings. The summed E-state index contributed by atoms with van der Waals surface area (Å²) in [7, 11) is -3.13. The topological polar surface area (TPSA) is 34.1 Å². The summed E-state index contributed by atoms with van der Waals surface area (Å²) < 4.78 is 23.8. The molecule has 14 heavy (non-hydrogen) atoms. The minimum Gasteiger partial charge on any atom is -0.223 e. The second-order valence-electron chi connectivity index (χ2n) is 3.15. The average Bonchev–Trinajstić information content (AvgIpc) is 2.19. The van der Waals surface area contributed by atoms with Crippen LogP contribution in [0.2, 0.25) is 0 Å². The molecule has 1 unspecified atom stereocenters. The monoisotopic (exact) mass is 276 g/mol. The van der Waals surface area contributed by atoms with Crippen LogP contribution >= 0.6 is 15.9 Å². The number of alkyl halides is 1. The van der Waals surface area contributed by atoms with Crippen molar-refractivity contribution in [1.82, 2.24) is 0 Å². The second kappa shape index (κ2) is 4.94. The van der Waals surface area contributed by atoms with Crippen LogP contribution in [-0.4, -0.2) is 19.0 Å². The Morgan fingerprint density at radius 2 is 1.86 bits per heavy atom. The van der Waals surface area contributed by atoms with E-state index in [-0.39, 0.29) is 5.25 Å². The Kier molecular flexibility index (Phi) is 4.13. The van der Waals surface area contributed by atoms with E-state index in [4.69, 9.17) is 0 Å². The van der Waals surface area contributed by atoms with Gasteiger partial charge >= 0.3 is 0 Å². The molecule has 0 aliphatic rings. The van der Waals surface area contributed by atoms with E-state index in [1.807, 2.05) is 6.07 Å². The fourth-order valence-corrected chi connectivity index (χ4v) is 3.57. The first-order valence-corrected chi connectivity index (χ1v) is 7.10. The van der Waals surface area contributed by atoms with Crippen LogP contribution in [0, 0.1) is 0 Å². The first-order chi connectivity index (χ1) is 6.59. The lowest BCUT2D eigenvalue weighted by Crippen LogP contribution is -2.18. The molecule has 1 rings (SSSR count). The van der Waals surface area contributed by atoms with Crippen LogP contribution in [-0.2, 0) is 9.84 Å². The molecule has 0 aromatic heterocycles. The first-order valence-electron chi connectivity index (χ1n) is 4.44. The van der Waals surface area contributed by atoms with Gasteiger partial charge in [-0.1, -0.05) is 34.1 Å². The van der Waals surface area contributed by atoms with Gasteiger partial charge in [-0.25, -0.2) is 8.42 Å². The van der Waals surface area contributed by atoms with Gasteiger partial charge in [0.1, 0.15) is 0 Å². The lowest BCUT2D eigenvalue weighted by Gasteiger charge is -2.10. The summed E-state index contributed by atoms with van der Waals surface area (Å²) >= 11 is 3.25. The van der Waals surface area contributed by atoms with E-state index in [0.717, 1.165) is 0 Å². The molecule has 0 spiro atoms. The number of sulfone groups is 1. The quantitative estimate of drug-likeness (QED) is 0.793. The van der Waals surface area contributed by atoms with E-state index in [1.54, 1.807) is 31.2 Å². The highest BCUT2D eigenvalue weighted by Crippen LogP contribution is 2.17. The molecule has 0 aliphatic heterocycles. The summed E-state index contributed by atoms with van der Waals surface area (Å²) in [5.41, 5.74) is 0. The third kappa shape index (κ3) is 2.58. The Morgan fingerprint density at radius 1 is 1.29 bits per heavy atom. The summed E-state index contributed by atoms with van der Waals surface area (Å²) in [5.74, 6) is 0. The molecule has 0 fully saturated rings. The highest BCUT2D eigenvalue weighted by molar-refractivity contribution is 9.09. The summed E-state index contributed by atoms with van der Waals surface area (Å²) in [6, 6.07) is 8.58. The standard InChI is InChI=1S/C10H13BrO2S/c1-9(7-8-11)14(12,13)10-5-3-2-4-6-10/h2-6,9H,7-8H2,1H3. The fraction of sp³-hybridized carbons (Fsp3) is 0.400. The molecule has 0 bridgehead atoms. The Morgan fingerprint density at radius 3 is 2.36 bits per heavy atom. The number of benzene rings is 1. The Balaban J connectivity index is 2.97. The van der Waals surface area contributed by atoms with Crippen molar-refractivity contribution in [3.05, 3.63) is 30.3 Å². The van der Waals surface area contributed by atoms with Crippen molar-refractivity contribution in [1.29, 1.82) is 0 Å². The largest absolute Gasteiger partial charge is 0.223 e. The number of rotatable bonds is 4. The van der Waals surface area contributed by atoms with Crippen LogP contribution in [0.5, 0.6) is 0 Å².